The number of hydrogen-bond donors (Lipinski definition) is 27. The van der Waals surface area contributed by atoms with Gasteiger partial charge >= 0.3 is 53.7 Å². The number of ether oxygens (including phenoxy) is 11. The van der Waals surface area contributed by atoms with Crippen LogP contribution in [0.25, 0.3) is 22.3 Å². The maximum absolute atomic E-state index is 15.2. The average Bonchev–Trinajstić information content (AvgIpc) is 1.11. The lowest BCUT2D eigenvalue weighted by Crippen LogP contribution is -2.63. The molecule has 1 saturated heterocycles. The van der Waals surface area contributed by atoms with Crippen molar-refractivity contribution in [2.45, 2.75) is 55.1 Å². The summed E-state index contributed by atoms with van der Waals surface area (Å²) >= 11 is 0. The summed E-state index contributed by atoms with van der Waals surface area (Å²) in [6.45, 7) is -3.29. The average molecular weight is 1720 g/mol. The van der Waals surface area contributed by atoms with Crippen molar-refractivity contribution in [1.29, 1.82) is 0 Å². The van der Waals surface area contributed by atoms with Gasteiger partial charge < -0.3 is 190 Å². The van der Waals surface area contributed by atoms with Gasteiger partial charge in [0.15, 0.2) is 163 Å². The number of aliphatic hydroxyl groups excluding tert-OH is 1. The predicted molar refractivity (Wildman–Crippen MR) is 381 cm³/mol. The van der Waals surface area contributed by atoms with E-state index < -0.39 is 362 Å². The fraction of sp³-hybridized carbons (Fsp3) is 0.147. The highest BCUT2D eigenvalue weighted by molar-refractivity contribution is 6.09. The lowest BCUT2D eigenvalue weighted by atomic mass is 9.91. The molecule has 0 unspecified atom stereocenters. The zero-order valence-electron chi connectivity index (χ0n) is 60.3. The molecule has 48 nitrogen and oxygen atoms in total. The second-order valence-corrected chi connectivity index (χ2v) is 26.1. The Labute approximate surface area is 676 Å². The first kappa shape index (κ1) is 84.8. The standard InChI is InChI=1S/C75H54O48/c76-14-40(62(119-66(104)17-1-27(77)47(91)28(78)2-17)61-38(88)15-113-70(108)22-10-35(85)51(95)55(99)42(22)21-9-25(73(111)118-61)46(90)58(102)45(21)89)116-74(112)26-12-37(87)53(97)59(103)60(26)115-39-13-24-44(57(101)54(39)98)43-23(11-36(86)52(96)56(43)100)72(110)120-63-41(16-114-71(24)109)117-75(123-69(107)20-7-33(83)50(94)34(84)8-20)65(122-68(106)19-5-31(81)49(93)32(82)6-19)64(63)121-67(105)18-3-29(79)48(92)30(80)4-18/h1-14,38,40-41,61-65,75,77-103H,15-16H2/t38-,40+,41-,61-,62+,63-,64+,65-,75+/m1/s1. The number of benzene rings is 9. The van der Waals surface area contributed by atoms with E-state index in [1.165, 1.54) is 0 Å². The molecule has 12 rings (SSSR count). The van der Waals surface area contributed by atoms with E-state index >= 15 is 9.59 Å². The molecule has 123 heavy (non-hydrogen) atoms. The van der Waals surface area contributed by atoms with Crippen molar-refractivity contribution in [1.82, 2.24) is 0 Å². The van der Waals surface area contributed by atoms with Gasteiger partial charge in [0.05, 0.1) is 38.9 Å². The Morgan fingerprint density at radius 3 is 1.23 bits per heavy atom. The van der Waals surface area contributed by atoms with E-state index in [1.54, 1.807) is 0 Å². The van der Waals surface area contributed by atoms with E-state index in [-0.39, 0.29) is 18.2 Å². The van der Waals surface area contributed by atoms with Crippen LogP contribution in [0.3, 0.4) is 0 Å². The van der Waals surface area contributed by atoms with Gasteiger partial charge in [0.1, 0.15) is 36.5 Å². The lowest BCUT2D eigenvalue weighted by Gasteiger charge is -2.43. The van der Waals surface area contributed by atoms with Crippen molar-refractivity contribution in [3.8, 4) is 183 Å². The maximum Gasteiger partial charge on any atom is 0.343 e. The molecular formula is C75H54O48. The Morgan fingerprint density at radius 2 is 0.740 bits per heavy atom. The van der Waals surface area contributed by atoms with Gasteiger partial charge in [-0.3, -0.25) is 4.79 Å². The predicted octanol–water partition coefficient (Wildman–Crippen LogP) is 2.59. The number of aliphatic hydroxyl groups is 1. The third-order valence-corrected chi connectivity index (χ3v) is 18.5. The number of fused-ring (bicyclic) bond motifs is 8. The number of phenols is 26. The highest BCUT2D eigenvalue weighted by atomic mass is 16.8. The van der Waals surface area contributed by atoms with E-state index in [0.717, 1.165) is 0 Å². The number of carbonyl (C=O) groups excluding carboxylic acids is 10. The molecule has 3 heterocycles. The van der Waals surface area contributed by atoms with Crippen molar-refractivity contribution >= 4 is 60.0 Å². The third-order valence-electron chi connectivity index (χ3n) is 18.5. The van der Waals surface area contributed by atoms with Crippen LogP contribution >= 0.6 is 0 Å². The zero-order valence-corrected chi connectivity index (χ0v) is 60.3. The Balaban J connectivity index is 0.969. The minimum atomic E-state index is -3.12. The summed E-state index contributed by atoms with van der Waals surface area (Å²) in [5.74, 6) is -59.5. The summed E-state index contributed by atoms with van der Waals surface area (Å²) < 4.78 is 61.0. The smallest absolute Gasteiger partial charge is 0.343 e. The van der Waals surface area contributed by atoms with Gasteiger partial charge in [-0.05, 0) is 66.7 Å². The van der Waals surface area contributed by atoms with Gasteiger partial charge in [-0.1, -0.05) is 0 Å². The van der Waals surface area contributed by atoms with E-state index in [2.05, 4.69) is 0 Å². The second kappa shape index (κ2) is 32.1. The normalized spacial score (nSPS) is 17.9. The van der Waals surface area contributed by atoms with Crippen LogP contribution in [-0.2, 0) is 52.2 Å². The molecular weight excluding hydrogens is 1670 g/mol. The molecule has 9 atom stereocenters. The molecule has 0 saturated carbocycles. The summed E-state index contributed by atoms with van der Waals surface area (Å²) in [6, 6.07) is 4.34. The largest absolute Gasteiger partial charge is 0.504 e. The second-order valence-electron chi connectivity index (χ2n) is 26.1. The van der Waals surface area contributed by atoms with Crippen molar-refractivity contribution in [2.24, 2.45) is 0 Å². The fourth-order valence-corrected chi connectivity index (χ4v) is 12.4. The summed E-state index contributed by atoms with van der Waals surface area (Å²) in [5.41, 5.74) is -16.1. The quantitative estimate of drug-likeness (QED) is 0.0303. The summed E-state index contributed by atoms with van der Waals surface area (Å²) in [6.07, 6.45) is -26.4. The van der Waals surface area contributed by atoms with Gasteiger partial charge in [0.25, 0.3) is 0 Å². The van der Waals surface area contributed by atoms with E-state index in [9.17, 15) is 176 Å². The van der Waals surface area contributed by atoms with Crippen molar-refractivity contribution in [3.05, 3.63) is 129 Å². The Bertz CT molecular complexity index is 5950. The summed E-state index contributed by atoms with van der Waals surface area (Å²) in [4.78, 5) is 144. The highest BCUT2D eigenvalue weighted by Crippen LogP contribution is 2.58. The van der Waals surface area contributed by atoms with Gasteiger partial charge in [0, 0.05) is 34.4 Å². The number of esters is 9. The molecule has 3 aliphatic heterocycles. The SMILES string of the molecule is O=C[C@H](OC(=O)c1cc(O)c(O)c(O)c1Oc1cc2c(c(O)c1O)-c1c(cc(O)c(O)c1O)C(=O)O[C@H]1[C@H](OC(=O)c3cc(O)c(O)c(O)c3)[C@@H](OC(=O)c3cc(O)c(O)c(O)c3)[C@H](OC(=O)c3cc(O)c(O)c(O)c3)O[C@@H]1COC2=O)[C@H](OC(=O)c1cc(O)c(O)c(O)c1)[C@@H]1OC(=O)c2cc(c(O)c(O)c2O)-c2c(cc(O)c(O)c2O)C(=O)OC[C@H]1O. The highest BCUT2D eigenvalue weighted by Gasteiger charge is 2.56. The molecule has 1 fully saturated rings. The molecule has 0 aliphatic carbocycles. The summed E-state index contributed by atoms with van der Waals surface area (Å²) in [7, 11) is 0. The van der Waals surface area contributed by atoms with Crippen LogP contribution < -0.4 is 4.74 Å². The number of hydrogen-bond acceptors (Lipinski definition) is 48. The van der Waals surface area contributed by atoms with Crippen molar-refractivity contribution < 1.29 is 238 Å². The molecule has 27 N–H and O–H groups in total. The maximum atomic E-state index is 15.2. The topological polar surface area (TPSA) is 818 Å². The van der Waals surface area contributed by atoms with E-state index in [4.69, 9.17) is 52.1 Å². The number of carbonyl (C=O) groups is 10. The molecule has 0 radical (unpaired) electrons. The molecule has 0 aromatic heterocycles. The monoisotopic (exact) mass is 1720 g/mol. The number of phenolic OH excluding ortho intramolecular Hbond substituents is 26. The van der Waals surface area contributed by atoms with Crippen LogP contribution in [0.5, 0.6) is 161 Å². The first-order valence-corrected chi connectivity index (χ1v) is 33.8. The van der Waals surface area contributed by atoms with Crippen molar-refractivity contribution in [2.75, 3.05) is 13.2 Å². The van der Waals surface area contributed by atoms with Crippen molar-refractivity contribution in [3.63, 3.8) is 0 Å². The Kier molecular flexibility index (Phi) is 22.1. The van der Waals surface area contributed by atoms with E-state index in [1.807, 2.05) is 0 Å². The Hall–Kier alpha value is -17.6. The minimum absolute atomic E-state index is 0.0684. The molecule has 9 aromatic carbocycles. The third kappa shape index (κ3) is 15.4. The number of cyclic esters (lactones) is 3. The first-order chi connectivity index (χ1) is 57.8. The molecule has 48 heteroatoms. The molecule has 9 aromatic rings. The van der Waals surface area contributed by atoms with Crippen LogP contribution in [0.4, 0.5) is 0 Å². The Morgan fingerprint density at radius 1 is 0.350 bits per heavy atom. The van der Waals surface area contributed by atoms with Gasteiger partial charge in [-0.25, -0.2) is 43.2 Å². The van der Waals surface area contributed by atoms with Gasteiger partial charge in [-0.15, -0.1) is 0 Å². The molecule has 3 aliphatic rings. The van der Waals surface area contributed by atoms with E-state index in [0.29, 0.717) is 60.7 Å². The van der Waals surface area contributed by atoms with Gasteiger partial charge in [-0.2, -0.15) is 0 Å². The molecule has 0 spiro atoms. The van der Waals surface area contributed by atoms with Crippen LogP contribution in [0.2, 0.25) is 0 Å². The number of aromatic hydroxyl groups is 26. The fourth-order valence-electron chi connectivity index (χ4n) is 12.4. The summed E-state index contributed by atoms with van der Waals surface area (Å²) in [5, 5.41) is 292. The van der Waals surface area contributed by atoms with Crippen LogP contribution in [0, 0.1) is 0 Å². The molecule has 2 bridgehead atoms. The van der Waals surface area contributed by atoms with Gasteiger partial charge in [0.2, 0.25) is 46.9 Å². The minimum Gasteiger partial charge on any atom is -0.504 e. The number of rotatable bonds is 15. The lowest BCUT2D eigenvalue weighted by molar-refractivity contribution is -0.282. The zero-order chi connectivity index (χ0) is 90.2. The first-order valence-electron chi connectivity index (χ1n) is 33.8. The van der Waals surface area contributed by atoms with Crippen LogP contribution in [0.1, 0.15) is 93.2 Å². The van der Waals surface area contributed by atoms with Crippen LogP contribution in [0.15, 0.2) is 78.9 Å². The number of aldehydes is 1. The molecule has 642 valence electrons. The van der Waals surface area contributed by atoms with Crippen LogP contribution in [-0.4, -0.2) is 266 Å². The molecule has 0 amide bonds.